The molecule has 0 amide bonds. The van der Waals surface area contributed by atoms with Crippen LogP contribution < -0.4 is 0 Å². The molecule has 0 saturated heterocycles. The molecule has 0 bridgehead atoms. The third-order valence-corrected chi connectivity index (χ3v) is 3.93. The van der Waals surface area contributed by atoms with Gasteiger partial charge in [0.15, 0.2) is 0 Å². The molecule has 106 valence electrons. The van der Waals surface area contributed by atoms with E-state index in [4.69, 9.17) is 0 Å². The van der Waals surface area contributed by atoms with Gasteiger partial charge in [-0.1, -0.05) is 74.9 Å². The highest BCUT2D eigenvalue weighted by Gasteiger charge is 2.27. The van der Waals surface area contributed by atoms with Gasteiger partial charge in [0.1, 0.15) is 0 Å². The molecule has 2 aromatic rings. The molecule has 2 aromatic carbocycles. The second-order valence-corrected chi connectivity index (χ2v) is 5.50. The van der Waals surface area contributed by atoms with Crippen LogP contribution in [-0.4, -0.2) is 5.11 Å². The zero-order chi connectivity index (χ0) is 14.4. The molecule has 1 N–H and O–H groups in total. The van der Waals surface area contributed by atoms with Crippen LogP contribution in [0.15, 0.2) is 54.6 Å². The predicted molar refractivity (Wildman–Crippen MR) is 84.8 cm³/mol. The average Bonchev–Trinajstić information content (AvgIpc) is 2.49. The van der Waals surface area contributed by atoms with Gasteiger partial charge in [0.05, 0.1) is 5.60 Å². The molecule has 1 unspecified atom stereocenters. The van der Waals surface area contributed by atoms with Gasteiger partial charge >= 0.3 is 0 Å². The molecule has 2 rings (SSSR count). The van der Waals surface area contributed by atoms with Crippen LogP contribution in [0.4, 0.5) is 0 Å². The monoisotopic (exact) mass is 268 g/mol. The Hall–Kier alpha value is -1.60. The first-order chi connectivity index (χ1) is 9.68. The maximum absolute atomic E-state index is 11.0. The van der Waals surface area contributed by atoms with Crippen LogP contribution in [0.2, 0.25) is 0 Å². The Morgan fingerprint density at radius 1 is 0.900 bits per heavy atom. The smallest absolute Gasteiger partial charge is 0.0934 e. The van der Waals surface area contributed by atoms with Gasteiger partial charge in [0.25, 0.3) is 0 Å². The minimum Gasteiger partial charge on any atom is -0.385 e. The molecular weight excluding hydrogens is 244 g/mol. The topological polar surface area (TPSA) is 20.2 Å². The fourth-order valence-corrected chi connectivity index (χ4v) is 2.67. The third-order valence-electron chi connectivity index (χ3n) is 3.93. The van der Waals surface area contributed by atoms with Gasteiger partial charge in [-0.25, -0.2) is 0 Å². The lowest BCUT2D eigenvalue weighted by molar-refractivity contribution is 0.0326. The summed E-state index contributed by atoms with van der Waals surface area (Å²) in [5, 5.41) is 11.0. The van der Waals surface area contributed by atoms with Crippen molar-refractivity contribution >= 4 is 0 Å². The van der Waals surface area contributed by atoms with Crippen molar-refractivity contribution in [1.29, 1.82) is 0 Å². The van der Waals surface area contributed by atoms with Gasteiger partial charge < -0.3 is 5.11 Å². The molecule has 0 fully saturated rings. The Labute approximate surface area is 122 Å². The van der Waals surface area contributed by atoms with Crippen LogP contribution in [0.1, 0.15) is 43.4 Å². The van der Waals surface area contributed by atoms with E-state index < -0.39 is 5.60 Å². The molecule has 1 heteroatoms. The summed E-state index contributed by atoms with van der Waals surface area (Å²) in [5.41, 5.74) is 2.75. The summed E-state index contributed by atoms with van der Waals surface area (Å²) in [4.78, 5) is 0. The fourth-order valence-electron chi connectivity index (χ4n) is 2.67. The zero-order valence-corrected chi connectivity index (χ0v) is 12.5. The summed E-state index contributed by atoms with van der Waals surface area (Å²) in [6, 6.07) is 18.6. The molecule has 0 aliphatic rings. The lowest BCUT2D eigenvalue weighted by Gasteiger charge is -2.28. The van der Waals surface area contributed by atoms with Crippen molar-refractivity contribution in [3.05, 3.63) is 71.3 Å². The first-order valence-corrected chi connectivity index (χ1v) is 7.53. The highest BCUT2D eigenvalue weighted by Crippen LogP contribution is 2.30. The van der Waals surface area contributed by atoms with Gasteiger partial charge in [-0.15, -0.1) is 0 Å². The standard InChI is InChI=1S/C19H24O/c1-3-9-16-12-8-13-18(14-16)19(20,4-2)15-17-10-6-5-7-11-17/h5-8,10-14,20H,3-4,9,15H2,1-2H3. The Balaban J connectivity index is 2.27. The number of benzene rings is 2. The van der Waals surface area contributed by atoms with Crippen molar-refractivity contribution < 1.29 is 5.11 Å². The summed E-state index contributed by atoms with van der Waals surface area (Å²) in [6.07, 6.45) is 3.59. The molecule has 0 radical (unpaired) electrons. The van der Waals surface area contributed by atoms with Crippen molar-refractivity contribution in [3.8, 4) is 0 Å². The SMILES string of the molecule is CCCc1cccc(C(O)(CC)Cc2ccccc2)c1. The average molecular weight is 268 g/mol. The first-order valence-electron chi connectivity index (χ1n) is 7.53. The van der Waals surface area contributed by atoms with Crippen molar-refractivity contribution in [2.75, 3.05) is 0 Å². The lowest BCUT2D eigenvalue weighted by atomic mass is 9.84. The zero-order valence-electron chi connectivity index (χ0n) is 12.5. The van der Waals surface area contributed by atoms with Gasteiger partial charge in [-0.3, -0.25) is 0 Å². The lowest BCUT2D eigenvalue weighted by Crippen LogP contribution is -2.27. The number of hydrogen-bond acceptors (Lipinski definition) is 1. The van der Waals surface area contributed by atoms with Gasteiger partial charge in [0, 0.05) is 6.42 Å². The predicted octanol–water partition coefficient (Wildman–Crippen LogP) is 4.48. The second-order valence-electron chi connectivity index (χ2n) is 5.50. The Morgan fingerprint density at radius 3 is 2.25 bits per heavy atom. The van der Waals surface area contributed by atoms with Gasteiger partial charge in [0.2, 0.25) is 0 Å². The minimum atomic E-state index is -0.773. The Morgan fingerprint density at radius 2 is 1.60 bits per heavy atom. The van der Waals surface area contributed by atoms with E-state index in [2.05, 4.69) is 44.2 Å². The van der Waals surface area contributed by atoms with Crippen LogP contribution in [0, 0.1) is 0 Å². The van der Waals surface area contributed by atoms with Crippen LogP contribution in [0.25, 0.3) is 0 Å². The van der Waals surface area contributed by atoms with E-state index in [-0.39, 0.29) is 0 Å². The molecule has 0 aliphatic heterocycles. The van der Waals surface area contributed by atoms with Crippen LogP contribution >= 0.6 is 0 Å². The maximum Gasteiger partial charge on any atom is 0.0934 e. The van der Waals surface area contributed by atoms with Crippen LogP contribution in [-0.2, 0) is 18.4 Å². The van der Waals surface area contributed by atoms with Crippen molar-refractivity contribution in [2.24, 2.45) is 0 Å². The molecule has 0 heterocycles. The fraction of sp³-hybridized carbons (Fsp3) is 0.368. The largest absolute Gasteiger partial charge is 0.385 e. The summed E-state index contributed by atoms with van der Waals surface area (Å²) < 4.78 is 0. The minimum absolute atomic E-state index is 0.667. The molecule has 1 nitrogen and oxygen atoms in total. The second kappa shape index (κ2) is 6.71. The molecule has 0 aromatic heterocycles. The van der Waals surface area contributed by atoms with Gasteiger partial charge in [-0.05, 0) is 29.5 Å². The van der Waals surface area contributed by atoms with E-state index in [0.717, 1.165) is 24.8 Å². The summed E-state index contributed by atoms with van der Waals surface area (Å²) >= 11 is 0. The van der Waals surface area contributed by atoms with E-state index in [1.807, 2.05) is 24.3 Å². The van der Waals surface area contributed by atoms with Crippen LogP contribution in [0.5, 0.6) is 0 Å². The van der Waals surface area contributed by atoms with E-state index in [1.54, 1.807) is 0 Å². The van der Waals surface area contributed by atoms with Crippen molar-refractivity contribution in [2.45, 2.75) is 45.1 Å². The van der Waals surface area contributed by atoms with Crippen molar-refractivity contribution in [1.82, 2.24) is 0 Å². The van der Waals surface area contributed by atoms with E-state index >= 15 is 0 Å². The van der Waals surface area contributed by atoms with Crippen molar-refractivity contribution in [3.63, 3.8) is 0 Å². The van der Waals surface area contributed by atoms with Crippen LogP contribution in [0.3, 0.4) is 0 Å². The Kier molecular flexibility index (Phi) is 4.97. The summed E-state index contributed by atoms with van der Waals surface area (Å²) in [7, 11) is 0. The number of hydrogen-bond donors (Lipinski definition) is 1. The number of aliphatic hydroxyl groups is 1. The number of aryl methyl sites for hydroxylation is 1. The molecule has 0 saturated carbocycles. The van der Waals surface area contributed by atoms with E-state index in [1.165, 1.54) is 11.1 Å². The molecule has 0 aliphatic carbocycles. The molecule has 1 atom stereocenters. The summed E-state index contributed by atoms with van der Waals surface area (Å²) in [5.74, 6) is 0. The van der Waals surface area contributed by atoms with E-state index in [0.29, 0.717) is 6.42 Å². The van der Waals surface area contributed by atoms with E-state index in [9.17, 15) is 5.11 Å². The third kappa shape index (κ3) is 3.49. The normalized spacial score (nSPS) is 13.9. The molecular formula is C19H24O. The molecule has 0 spiro atoms. The number of rotatable bonds is 6. The van der Waals surface area contributed by atoms with Gasteiger partial charge in [-0.2, -0.15) is 0 Å². The maximum atomic E-state index is 11.0. The molecule has 20 heavy (non-hydrogen) atoms. The first kappa shape index (κ1) is 14.8. The Bertz CT molecular complexity index is 532. The summed E-state index contributed by atoms with van der Waals surface area (Å²) in [6.45, 7) is 4.23. The highest BCUT2D eigenvalue weighted by molar-refractivity contribution is 5.31. The quantitative estimate of drug-likeness (QED) is 0.819. The highest BCUT2D eigenvalue weighted by atomic mass is 16.3.